The Bertz CT molecular complexity index is 203. The average molecular weight is 190 g/mol. The van der Waals surface area contributed by atoms with Crippen molar-refractivity contribution in [3.8, 4) is 0 Å². The summed E-state index contributed by atoms with van der Waals surface area (Å²) >= 11 is 0. The molecule has 0 aromatic heterocycles. The van der Waals surface area contributed by atoms with Gasteiger partial charge in [-0.1, -0.05) is 5.11 Å². The lowest BCUT2D eigenvalue weighted by Crippen LogP contribution is -2.25. The predicted molar refractivity (Wildman–Crippen MR) is 44.6 cm³/mol. The molecule has 1 rings (SSSR count). The first-order valence-corrected chi connectivity index (χ1v) is 4.25. The van der Waals surface area contributed by atoms with Crippen molar-refractivity contribution in [2.45, 2.75) is 12.8 Å². The van der Waals surface area contributed by atoms with Gasteiger partial charge in [-0.3, -0.25) is 0 Å². The van der Waals surface area contributed by atoms with E-state index in [1.807, 2.05) is 4.90 Å². The molecule has 6 heteroatoms. The molecule has 13 heavy (non-hydrogen) atoms. The van der Waals surface area contributed by atoms with Gasteiger partial charge < -0.3 is 4.90 Å². The minimum absolute atomic E-state index is 0.368. The second-order valence-corrected chi connectivity index (χ2v) is 3.14. The number of alkyl halides is 2. The van der Waals surface area contributed by atoms with Crippen LogP contribution in [-0.2, 0) is 0 Å². The summed E-state index contributed by atoms with van der Waals surface area (Å²) in [6, 6.07) is 0. The van der Waals surface area contributed by atoms with Crippen LogP contribution in [0.5, 0.6) is 0 Å². The van der Waals surface area contributed by atoms with Crippen LogP contribution >= 0.6 is 0 Å². The zero-order chi connectivity index (χ0) is 9.68. The Balaban J connectivity index is 2.21. The molecule has 0 spiro atoms. The summed E-state index contributed by atoms with van der Waals surface area (Å²) < 4.78 is 24.4. The number of likely N-dealkylation sites (tertiary alicyclic amines) is 1. The Morgan fingerprint density at radius 2 is 2.38 bits per heavy atom. The second-order valence-electron chi connectivity index (χ2n) is 3.14. The Kier molecular flexibility index (Phi) is 3.92. The summed E-state index contributed by atoms with van der Waals surface area (Å²) in [5.74, 6) is -0.494. The van der Waals surface area contributed by atoms with Crippen LogP contribution < -0.4 is 0 Å². The summed E-state index contributed by atoms with van der Waals surface area (Å²) in [4.78, 5) is 4.51. The molecule has 1 fully saturated rings. The molecule has 0 aromatic carbocycles. The quantitative estimate of drug-likeness (QED) is 0.379. The molecular formula is C7H12F2N4. The summed E-state index contributed by atoms with van der Waals surface area (Å²) in [5.41, 5.74) is 8.00. The Morgan fingerprint density at radius 1 is 1.62 bits per heavy atom. The molecule has 0 aromatic rings. The van der Waals surface area contributed by atoms with Crippen molar-refractivity contribution >= 4 is 0 Å². The van der Waals surface area contributed by atoms with Crippen LogP contribution in [0, 0.1) is 5.92 Å². The van der Waals surface area contributed by atoms with Gasteiger partial charge in [0.15, 0.2) is 0 Å². The highest BCUT2D eigenvalue weighted by molar-refractivity contribution is 4.77. The lowest BCUT2D eigenvalue weighted by atomic mass is 10.1. The largest absolute Gasteiger partial charge is 0.303 e. The first-order chi connectivity index (χ1) is 6.24. The van der Waals surface area contributed by atoms with Gasteiger partial charge in [0.2, 0.25) is 6.43 Å². The SMILES string of the molecule is [N-]=[N+]=NCCN1CCC(C(F)F)C1. The standard InChI is InChI=1S/C7H12F2N4/c8-7(9)6-1-3-13(5-6)4-2-11-12-10/h6-7H,1-5H2. The summed E-state index contributed by atoms with van der Waals surface area (Å²) in [6.07, 6.45) is -1.67. The van der Waals surface area contributed by atoms with E-state index in [0.29, 0.717) is 32.6 Å². The summed E-state index contributed by atoms with van der Waals surface area (Å²) in [6.45, 7) is 2.08. The Morgan fingerprint density at radius 3 is 2.92 bits per heavy atom. The van der Waals surface area contributed by atoms with E-state index < -0.39 is 12.3 Å². The van der Waals surface area contributed by atoms with Crippen LogP contribution in [0.15, 0.2) is 5.11 Å². The molecule has 1 unspecified atom stereocenters. The minimum Gasteiger partial charge on any atom is -0.303 e. The maximum atomic E-state index is 12.2. The highest BCUT2D eigenvalue weighted by atomic mass is 19.3. The van der Waals surface area contributed by atoms with Gasteiger partial charge in [-0.25, -0.2) is 8.78 Å². The number of halogens is 2. The molecule has 1 saturated heterocycles. The van der Waals surface area contributed by atoms with Gasteiger partial charge >= 0.3 is 0 Å². The van der Waals surface area contributed by atoms with E-state index in [0.717, 1.165) is 0 Å². The predicted octanol–water partition coefficient (Wildman–Crippen LogP) is 1.88. The Labute approximate surface area is 75.1 Å². The molecule has 0 aliphatic carbocycles. The van der Waals surface area contributed by atoms with E-state index in [1.54, 1.807) is 0 Å². The normalized spacial score (nSPS) is 23.5. The van der Waals surface area contributed by atoms with Crippen molar-refractivity contribution < 1.29 is 8.78 Å². The second kappa shape index (κ2) is 4.99. The van der Waals surface area contributed by atoms with Crippen molar-refractivity contribution in [1.82, 2.24) is 4.90 Å². The third kappa shape index (κ3) is 3.16. The molecule has 4 nitrogen and oxygen atoms in total. The molecule has 1 aliphatic rings. The van der Waals surface area contributed by atoms with Gasteiger partial charge in [0, 0.05) is 30.5 Å². The van der Waals surface area contributed by atoms with E-state index in [-0.39, 0.29) is 0 Å². The lowest BCUT2D eigenvalue weighted by molar-refractivity contribution is 0.0810. The fourth-order valence-corrected chi connectivity index (χ4v) is 1.50. The summed E-state index contributed by atoms with van der Waals surface area (Å²) in [7, 11) is 0. The molecule has 1 heterocycles. The summed E-state index contributed by atoms with van der Waals surface area (Å²) in [5, 5.41) is 3.36. The zero-order valence-electron chi connectivity index (χ0n) is 7.24. The van der Waals surface area contributed by atoms with Crippen molar-refractivity contribution in [2.24, 2.45) is 11.0 Å². The number of rotatable bonds is 4. The smallest absolute Gasteiger partial charge is 0.242 e. The van der Waals surface area contributed by atoms with Gasteiger partial charge in [0.05, 0.1) is 0 Å². The molecule has 0 N–H and O–H groups in total. The minimum atomic E-state index is -2.22. The molecule has 1 atom stereocenters. The van der Waals surface area contributed by atoms with Gasteiger partial charge in [-0.2, -0.15) is 0 Å². The zero-order valence-corrected chi connectivity index (χ0v) is 7.24. The van der Waals surface area contributed by atoms with E-state index >= 15 is 0 Å². The molecular weight excluding hydrogens is 178 g/mol. The fourth-order valence-electron chi connectivity index (χ4n) is 1.50. The van der Waals surface area contributed by atoms with Crippen LogP contribution in [-0.4, -0.2) is 37.5 Å². The van der Waals surface area contributed by atoms with Crippen LogP contribution in [0.2, 0.25) is 0 Å². The monoisotopic (exact) mass is 190 g/mol. The molecule has 0 saturated carbocycles. The van der Waals surface area contributed by atoms with E-state index in [1.165, 1.54) is 0 Å². The number of azide groups is 1. The molecule has 0 bridgehead atoms. The Hall–Kier alpha value is -0.870. The maximum absolute atomic E-state index is 12.2. The topological polar surface area (TPSA) is 52.0 Å². The van der Waals surface area contributed by atoms with Crippen LogP contribution in [0.1, 0.15) is 6.42 Å². The van der Waals surface area contributed by atoms with E-state index in [2.05, 4.69) is 10.0 Å². The highest BCUT2D eigenvalue weighted by Crippen LogP contribution is 2.22. The number of hydrogen-bond donors (Lipinski definition) is 0. The third-order valence-corrected chi connectivity index (χ3v) is 2.24. The first kappa shape index (κ1) is 10.2. The van der Waals surface area contributed by atoms with Gasteiger partial charge in [-0.15, -0.1) is 0 Å². The van der Waals surface area contributed by atoms with E-state index in [9.17, 15) is 8.78 Å². The molecule has 74 valence electrons. The number of hydrogen-bond acceptors (Lipinski definition) is 2. The van der Waals surface area contributed by atoms with Crippen LogP contribution in [0.4, 0.5) is 8.78 Å². The van der Waals surface area contributed by atoms with Crippen molar-refractivity contribution in [3.63, 3.8) is 0 Å². The highest BCUT2D eigenvalue weighted by Gasteiger charge is 2.28. The van der Waals surface area contributed by atoms with Crippen molar-refractivity contribution in [1.29, 1.82) is 0 Å². The van der Waals surface area contributed by atoms with Gasteiger partial charge in [0.25, 0.3) is 0 Å². The molecule has 1 aliphatic heterocycles. The van der Waals surface area contributed by atoms with E-state index in [4.69, 9.17) is 5.53 Å². The number of nitrogens with zero attached hydrogens (tertiary/aromatic N) is 4. The van der Waals surface area contributed by atoms with Crippen molar-refractivity contribution in [3.05, 3.63) is 10.4 Å². The third-order valence-electron chi connectivity index (χ3n) is 2.24. The van der Waals surface area contributed by atoms with Gasteiger partial charge in [-0.05, 0) is 18.5 Å². The van der Waals surface area contributed by atoms with Crippen LogP contribution in [0.3, 0.4) is 0 Å². The molecule has 0 radical (unpaired) electrons. The fraction of sp³-hybridized carbons (Fsp3) is 1.00. The lowest BCUT2D eigenvalue weighted by Gasteiger charge is -2.13. The molecule has 0 amide bonds. The van der Waals surface area contributed by atoms with Crippen molar-refractivity contribution in [2.75, 3.05) is 26.2 Å². The van der Waals surface area contributed by atoms with Crippen LogP contribution in [0.25, 0.3) is 10.4 Å². The van der Waals surface area contributed by atoms with Gasteiger partial charge in [0.1, 0.15) is 0 Å². The first-order valence-electron chi connectivity index (χ1n) is 4.25. The maximum Gasteiger partial charge on any atom is 0.242 e. The average Bonchev–Trinajstić information content (AvgIpc) is 2.53.